The minimum Gasteiger partial charge on any atom is -0.460 e. The zero-order chi connectivity index (χ0) is 18.5. The van der Waals surface area contributed by atoms with Crippen molar-refractivity contribution in [2.75, 3.05) is 6.54 Å². The Hall–Kier alpha value is -0.910. The molecule has 10 heteroatoms. The first-order valence-electron chi connectivity index (χ1n) is 6.92. The molecule has 0 unspecified atom stereocenters. The highest BCUT2D eigenvalue weighted by atomic mass is 127. The Morgan fingerprint density at radius 3 is 2.54 bits per heavy atom. The van der Waals surface area contributed by atoms with Gasteiger partial charge in [0.05, 0.1) is 34.3 Å². The van der Waals surface area contributed by atoms with Gasteiger partial charge < -0.3 is 10.5 Å². The molecule has 0 bridgehead atoms. The fourth-order valence-corrected chi connectivity index (χ4v) is 3.54. The molecular formula is C14H19ClIN3O4S. The van der Waals surface area contributed by atoms with Crippen molar-refractivity contribution >= 4 is 56.3 Å². The van der Waals surface area contributed by atoms with Gasteiger partial charge in [0.2, 0.25) is 10.0 Å². The molecule has 0 fully saturated rings. The fourth-order valence-electron chi connectivity index (χ4n) is 1.68. The van der Waals surface area contributed by atoms with Crippen molar-refractivity contribution in [2.45, 2.75) is 37.7 Å². The molecule has 1 aromatic carbocycles. The number of hydrogen-bond acceptors (Lipinski definition) is 5. The van der Waals surface area contributed by atoms with Crippen molar-refractivity contribution in [1.82, 2.24) is 4.72 Å². The Morgan fingerprint density at radius 1 is 1.42 bits per heavy atom. The molecule has 0 amide bonds. The van der Waals surface area contributed by atoms with E-state index >= 15 is 0 Å². The van der Waals surface area contributed by atoms with Crippen molar-refractivity contribution in [3.63, 3.8) is 0 Å². The van der Waals surface area contributed by atoms with Crippen LogP contribution < -0.4 is 10.5 Å². The zero-order valence-electron chi connectivity index (χ0n) is 13.5. The summed E-state index contributed by atoms with van der Waals surface area (Å²) < 4.78 is 35.7. The van der Waals surface area contributed by atoms with E-state index in [1.54, 1.807) is 43.6 Å². The molecule has 1 rings (SSSR count). The topological polar surface area (TPSA) is 111 Å². The number of carbonyl (C=O) groups excluding carboxylic acids is 1. The summed E-state index contributed by atoms with van der Waals surface area (Å²) in [6, 6.07) is 4.26. The molecule has 0 aliphatic heterocycles. The third kappa shape index (κ3) is 6.54. The number of halogens is 2. The van der Waals surface area contributed by atoms with Gasteiger partial charge in [0, 0.05) is 12.1 Å². The van der Waals surface area contributed by atoms with Gasteiger partial charge in [-0.3, -0.25) is 4.79 Å². The number of ether oxygens (including phenoxy) is 1. The van der Waals surface area contributed by atoms with Gasteiger partial charge in [0.1, 0.15) is 16.3 Å². The van der Waals surface area contributed by atoms with Crippen molar-refractivity contribution < 1.29 is 17.9 Å². The van der Waals surface area contributed by atoms with E-state index in [4.69, 9.17) is 22.1 Å². The molecule has 0 aliphatic rings. The maximum Gasteiger partial charge on any atom is 0.307 e. The van der Waals surface area contributed by atoms with Gasteiger partial charge in [-0.15, -0.1) is 0 Å². The van der Waals surface area contributed by atoms with E-state index in [9.17, 15) is 13.2 Å². The predicted octanol–water partition coefficient (Wildman–Crippen LogP) is 2.41. The molecule has 1 aromatic rings. The van der Waals surface area contributed by atoms with Crippen LogP contribution in [0.15, 0.2) is 26.3 Å². The molecule has 0 aromatic heterocycles. The summed E-state index contributed by atoms with van der Waals surface area (Å²) in [5.41, 5.74) is 5.55. The minimum atomic E-state index is -3.85. The lowest BCUT2D eigenvalue weighted by molar-refractivity contribution is -0.154. The lowest BCUT2D eigenvalue weighted by atomic mass is 10.2. The number of benzene rings is 1. The van der Waals surface area contributed by atoms with Gasteiger partial charge in [-0.1, -0.05) is 11.6 Å². The van der Waals surface area contributed by atoms with Crippen LogP contribution in [0.2, 0.25) is 5.02 Å². The first-order chi connectivity index (χ1) is 11.0. The summed E-state index contributed by atoms with van der Waals surface area (Å²) in [5.74, 6) is -0.253. The highest BCUT2D eigenvalue weighted by molar-refractivity contribution is 14.1. The molecule has 0 radical (unpaired) electrons. The molecule has 0 heterocycles. The molecular weight excluding hydrogens is 469 g/mol. The quantitative estimate of drug-likeness (QED) is 0.277. The Bertz CT molecular complexity index is 745. The largest absolute Gasteiger partial charge is 0.460 e. The van der Waals surface area contributed by atoms with Crippen LogP contribution >= 0.6 is 34.5 Å². The van der Waals surface area contributed by atoms with Gasteiger partial charge in [0.25, 0.3) is 0 Å². The second-order valence-electron chi connectivity index (χ2n) is 5.85. The number of carbonyl (C=O) groups is 1. The smallest absolute Gasteiger partial charge is 0.307 e. The predicted molar refractivity (Wildman–Crippen MR) is 102 cm³/mol. The van der Waals surface area contributed by atoms with Crippen molar-refractivity contribution in [2.24, 2.45) is 8.94 Å². The lowest BCUT2D eigenvalue weighted by Crippen LogP contribution is -2.29. The number of esters is 1. The standard InChI is InChI=1S/C14H19ClIN3O4S/c1-14(2,3)23-12(20)6-7-18-24(21,22)11-5-4-9(8-10(11)15)13(17)19-16/h4-5,8,18H,6-7H2,1-3H3,(H2,17,19). The van der Waals surface area contributed by atoms with Crippen LogP contribution in [0.4, 0.5) is 0 Å². The summed E-state index contributed by atoms with van der Waals surface area (Å²) in [6.07, 6.45) is -0.0827. The summed E-state index contributed by atoms with van der Waals surface area (Å²) in [6.45, 7) is 5.12. The number of rotatable bonds is 6. The maximum atomic E-state index is 12.3. The molecule has 0 saturated heterocycles. The monoisotopic (exact) mass is 487 g/mol. The summed E-state index contributed by atoms with van der Waals surface area (Å²) in [7, 11) is -3.85. The van der Waals surface area contributed by atoms with E-state index in [2.05, 4.69) is 7.93 Å². The van der Waals surface area contributed by atoms with Crippen LogP contribution in [-0.2, 0) is 19.6 Å². The number of sulfonamides is 1. The second-order valence-corrected chi connectivity index (χ2v) is 8.47. The zero-order valence-corrected chi connectivity index (χ0v) is 17.2. The van der Waals surface area contributed by atoms with Gasteiger partial charge in [-0.25, -0.2) is 13.1 Å². The number of nitrogens with two attached hydrogens (primary N) is 1. The minimum absolute atomic E-state index is 0.0141. The van der Waals surface area contributed by atoms with Crippen LogP contribution in [0.1, 0.15) is 32.8 Å². The number of nitrogens with one attached hydrogen (secondary N) is 1. The van der Waals surface area contributed by atoms with Gasteiger partial charge in [0.15, 0.2) is 0 Å². The number of nitrogens with zero attached hydrogens (tertiary/aromatic N) is 1. The Balaban J connectivity index is 2.78. The van der Waals surface area contributed by atoms with E-state index in [0.717, 1.165) is 0 Å². The van der Waals surface area contributed by atoms with Crippen molar-refractivity contribution in [3.05, 3.63) is 28.8 Å². The Kier molecular flexibility index (Phi) is 7.44. The fraction of sp³-hybridized carbons (Fsp3) is 0.429. The van der Waals surface area contributed by atoms with E-state index in [1.165, 1.54) is 18.2 Å². The Morgan fingerprint density at radius 2 is 2.04 bits per heavy atom. The highest BCUT2D eigenvalue weighted by Gasteiger charge is 2.20. The normalized spacial score (nSPS) is 13.0. The van der Waals surface area contributed by atoms with Crippen LogP contribution in [-0.4, -0.2) is 32.4 Å². The van der Waals surface area contributed by atoms with Crippen LogP contribution in [0.5, 0.6) is 0 Å². The average Bonchev–Trinajstić information content (AvgIpc) is 2.43. The SMILES string of the molecule is CC(C)(C)OC(=O)CCNS(=O)(=O)c1ccc(C(N)=NI)cc1Cl. The van der Waals surface area contributed by atoms with Crippen LogP contribution in [0, 0.1) is 0 Å². The maximum absolute atomic E-state index is 12.3. The van der Waals surface area contributed by atoms with E-state index in [1.807, 2.05) is 0 Å². The lowest BCUT2D eigenvalue weighted by Gasteiger charge is -2.19. The van der Waals surface area contributed by atoms with Crippen molar-refractivity contribution in [1.29, 1.82) is 0 Å². The van der Waals surface area contributed by atoms with Gasteiger partial charge >= 0.3 is 5.97 Å². The third-order valence-electron chi connectivity index (χ3n) is 2.65. The summed E-state index contributed by atoms with van der Waals surface area (Å²) in [4.78, 5) is 11.5. The number of hydrogen-bond donors (Lipinski definition) is 2. The average molecular weight is 488 g/mol. The molecule has 3 N–H and O–H groups in total. The molecule has 0 atom stereocenters. The van der Waals surface area contributed by atoms with Gasteiger partial charge in [-0.2, -0.15) is 3.21 Å². The molecule has 134 valence electrons. The van der Waals surface area contributed by atoms with E-state index in [0.29, 0.717) is 5.56 Å². The van der Waals surface area contributed by atoms with Crippen LogP contribution in [0.25, 0.3) is 0 Å². The van der Waals surface area contributed by atoms with Crippen LogP contribution in [0.3, 0.4) is 0 Å². The first kappa shape index (κ1) is 21.1. The second kappa shape index (κ2) is 8.45. The molecule has 7 nitrogen and oxygen atoms in total. The molecule has 24 heavy (non-hydrogen) atoms. The van der Waals surface area contributed by atoms with E-state index in [-0.39, 0.29) is 28.7 Å². The molecule has 0 saturated carbocycles. The van der Waals surface area contributed by atoms with E-state index < -0.39 is 21.6 Å². The Labute approximate surface area is 160 Å². The van der Waals surface area contributed by atoms with Gasteiger partial charge in [-0.05, 0) is 39.0 Å². The summed E-state index contributed by atoms with van der Waals surface area (Å²) in [5, 5.41) is 0.0141. The number of amidine groups is 1. The first-order valence-corrected chi connectivity index (χ1v) is 9.75. The third-order valence-corrected chi connectivity index (χ3v) is 5.11. The molecule has 0 spiro atoms. The summed E-state index contributed by atoms with van der Waals surface area (Å²) >= 11 is 7.75. The molecule has 0 aliphatic carbocycles. The highest BCUT2D eigenvalue weighted by Crippen LogP contribution is 2.22. The van der Waals surface area contributed by atoms with Crippen molar-refractivity contribution in [3.8, 4) is 0 Å².